The highest BCUT2D eigenvalue weighted by Crippen LogP contribution is 2.32. The van der Waals surface area contributed by atoms with E-state index < -0.39 is 0 Å². The number of morpholine rings is 1. The van der Waals surface area contributed by atoms with Gasteiger partial charge in [-0.1, -0.05) is 42.1 Å². The Kier molecular flexibility index (Phi) is 5.95. The first-order valence-corrected chi connectivity index (χ1v) is 12.1. The molecule has 3 heterocycles. The molecule has 8 heteroatoms. The summed E-state index contributed by atoms with van der Waals surface area (Å²) in [5.74, 6) is 1.15. The third kappa shape index (κ3) is 4.41. The number of aryl methyl sites for hydroxylation is 1. The summed E-state index contributed by atoms with van der Waals surface area (Å²) >= 11 is 1.42. The van der Waals surface area contributed by atoms with Crippen LogP contribution in [-0.4, -0.2) is 61.6 Å². The Morgan fingerprint density at radius 1 is 1.12 bits per heavy atom. The van der Waals surface area contributed by atoms with Crippen molar-refractivity contribution in [2.24, 2.45) is 0 Å². The maximum Gasteiger partial charge on any atom is 0.233 e. The van der Waals surface area contributed by atoms with Crippen molar-refractivity contribution in [1.82, 2.24) is 24.6 Å². The normalized spacial score (nSPS) is 18.7. The molecule has 2 aromatic carbocycles. The van der Waals surface area contributed by atoms with E-state index in [1.807, 2.05) is 59.8 Å². The molecule has 0 bridgehead atoms. The number of amides is 1. The lowest BCUT2D eigenvalue weighted by Gasteiger charge is -2.35. The molecule has 33 heavy (non-hydrogen) atoms. The van der Waals surface area contributed by atoms with Gasteiger partial charge in [-0.3, -0.25) is 9.36 Å². The van der Waals surface area contributed by atoms with Gasteiger partial charge in [0, 0.05) is 41.4 Å². The summed E-state index contributed by atoms with van der Waals surface area (Å²) < 4.78 is 7.81. The van der Waals surface area contributed by atoms with Crippen molar-refractivity contribution in [2.75, 3.05) is 18.8 Å². The minimum atomic E-state index is 0.0483. The van der Waals surface area contributed by atoms with Gasteiger partial charge in [0.15, 0.2) is 11.0 Å². The fourth-order valence-corrected chi connectivity index (χ4v) is 5.25. The lowest BCUT2D eigenvalue weighted by molar-refractivity contribution is -0.140. The Hall–Kier alpha value is -3.10. The molecule has 170 valence electrons. The number of aromatic amines is 1. The van der Waals surface area contributed by atoms with E-state index in [0.29, 0.717) is 24.0 Å². The molecule has 4 aromatic rings. The SMILES string of the molecule is Cc1cccc(-n2c(SCC(=O)N3C[C@@H](C)O[C@H](C)C3)nnc2-c2c[nH]c3ccccc23)c1. The molecule has 0 saturated carbocycles. The summed E-state index contributed by atoms with van der Waals surface area (Å²) in [6, 6.07) is 16.4. The zero-order valence-electron chi connectivity index (χ0n) is 19.0. The Balaban J connectivity index is 1.48. The molecule has 1 N–H and O–H groups in total. The van der Waals surface area contributed by atoms with E-state index in [0.717, 1.165) is 33.5 Å². The van der Waals surface area contributed by atoms with Crippen molar-refractivity contribution in [3.8, 4) is 17.1 Å². The summed E-state index contributed by atoms with van der Waals surface area (Å²) in [5.41, 5.74) is 4.15. The van der Waals surface area contributed by atoms with Crippen LogP contribution in [0.15, 0.2) is 59.9 Å². The number of hydrogen-bond acceptors (Lipinski definition) is 5. The molecule has 1 amide bonds. The second-order valence-electron chi connectivity index (χ2n) is 8.57. The van der Waals surface area contributed by atoms with Gasteiger partial charge in [0.2, 0.25) is 5.91 Å². The van der Waals surface area contributed by atoms with E-state index in [9.17, 15) is 4.79 Å². The van der Waals surface area contributed by atoms with Crippen LogP contribution in [0.3, 0.4) is 0 Å². The first-order valence-electron chi connectivity index (χ1n) is 11.1. The van der Waals surface area contributed by atoms with Crippen LogP contribution in [0, 0.1) is 6.92 Å². The third-order valence-electron chi connectivity index (χ3n) is 5.82. The number of para-hydroxylation sites is 1. The Bertz CT molecular complexity index is 1290. The molecule has 7 nitrogen and oxygen atoms in total. The van der Waals surface area contributed by atoms with Gasteiger partial charge < -0.3 is 14.6 Å². The number of rotatable bonds is 5. The van der Waals surface area contributed by atoms with Gasteiger partial charge in [-0.2, -0.15) is 0 Å². The van der Waals surface area contributed by atoms with E-state index in [1.54, 1.807) is 0 Å². The number of benzene rings is 2. The summed E-state index contributed by atoms with van der Waals surface area (Å²) in [7, 11) is 0. The number of nitrogens with one attached hydrogen (secondary N) is 1. The molecule has 0 radical (unpaired) electrons. The molecule has 1 saturated heterocycles. The van der Waals surface area contributed by atoms with Gasteiger partial charge in [-0.15, -0.1) is 10.2 Å². The lowest BCUT2D eigenvalue weighted by Crippen LogP contribution is -2.48. The van der Waals surface area contributed by atoms with Crippen molar-refractivity contribution < 1.29 is 9.53 Å². The van der Waals surface area contributed by atoms with Crippen LogP contribution in [0.5, 0.6) is 0 Å². The summed E-state index contributed by atoms with van der Waals surface area (Å²) in [5, 5.41) is 10.8. The van der Waals surface area contributed by atoms with Gasteiger partial charge in [-0.05, 0) is 44.5 Å². The zero-order valence-corrected chi connectivity index (χ0v) is 19.8. The quantitative estimate of drug-likeness (QED) is 0.445. The fraction of sp³-hybridized carbons (Fsp3) is 0.320. The number of thioether (sulfide) groups is 1. The molecule has 2 aromatic heterocycles. The van der Waals surface area contributed by atoms with Crippen LogP contribution in [0.25, 0.3) is 28.0 Å². The standard InChI is InChI=1S/C25H27N5O2S/c1-16-7-6-8-19(11-16)30-24(21-12-26-22-10-5-4-9-20(21)22)27-28-25(30)33-15-23(31)29-13-17(2)32-18(3)14-29/h4-12,17-18,26H,13-15H2,1-3H3/t17-,18-/m1/s1. The number of carbonyl (C=O) groups is 1. The van der Waals surface area contributed by atoms with Crippen molar-refractivity contribution in [3.05, 3.63) is 60.3 Å². The number of nitrogens with zero attached hydrogens (tertiary/aromatic N) is 4. The zero-order chi connectivity index (χ0) is 22.9. The lowest BCUT2D eigenvalue weighted by atomic mass is 10.1. The summed E-state index contributed by atoms with van der Waals surface area (Å²) in [6.07, 6.45) is 2.07. The maximum atomic E-state index is 13.0. The minimum absolute atomic E-state index is 0.0483. The molecule has 1 fully saturated rings. The molecule has 1 aliphatic rings. The largest absolute Gasteiger partial charge is 0.372 e. The Labute approximate surface area is 197 Å². The number of hydrogen-bond donors (Lipinski definition) is 1. The van der Waals surface area contributed by atoms with Crippen molar-refractivity contribution in [2.45, 2.75) is 38.1 Å². The van der Waals surface area contributed by atoms with Crippen molar-refractivity contribution in [3.63, 3.8) is 0 Å². The van der Waals surface area contributed by atoms with Gasteiger partial charge in [0.25, 0.3) is 0 Å². The van der Waals surface area contributed by atoms with E-state index >= 15 is 0 Å². The molecular formula is C25H27N5O2S. The minimum Gasteiger partial charge on any atom is -0.372 e. The molecule has 1 aliphatic heterocycles. The van der Waals surface area contributed by atoms with Crippen LogP contribution in [0.2, 0.25) is 0 Å². The maximum absolute atomic E-state index is 13.0. The average molecular weight is 462 g/mol. The van der Waals surface area contributed by atoms with Crippen molar-refractivity contribution >= 4 is 28.6 Å². The van der Waals surface area contributed by atoms with E-state index in [-0.39, 0.29) is 18.1 Å². The van der Waals surface area contributed by atoms with Crippen LogP contribution >= 0.6 is 11.8 Å². The second-order valence-corrected chi connectivity index (χ2v) is 9.52. The summed E-state index contributed by atoms with van der Waals surface area (Å²) in [4.78, 5) is 18.2. The highest BCUT2D eigenvalue weighted by molar-refractivity contribution is 7.99. The molecule has 5 rings (SSSR count). The van der Waals surface area contributed by atoms with Crippen LogP contribution < -0.4 is 0 Å². The number of ether oxygens (including phenoxy) is 1. The average Bonchev–Trinajstić information content (AvgIpc) is 3.40. The summed E-state index contributed by atoms with van der Waals surface area (Å²) in [6.45, 7) is 7.32. The third-order valence-corrected chi connectivity index (χ3v) is 6.73. The Morgan fingerprint density at radius 2 is 1.91 bits per heavy atom. The molecule has 0 unspecified atom stereocenters. The fourth-order valence-electron chi connectivity index (χ4n) is 4.39. The van der Waals surface area contributed by atoms with Gasteiger partial charge in [0.1, 0.15) is 0 Å². The smallest absolute Gasteiger partial charge is 0.233 e. The number of carbonyl (C=O) groups excluding carboxylic acids is 1. The molecule has 2 atom stereocenters. The van der Waals surface area contributed by atoms with E-state index in [2.05, 4.69) is 40.3 Å². The van der Waals surface area contributed by atoms with Gasteiger partial charge >= 0.3 is 0 Å². The number of H-pyrrole nitrogens is 1. The number of fused-ring (bicyclic) bond motifs is 1. The first kappa shape index (κ1) is 21.7. The first-order chi connectivity index (χ1) is 16.0. The van der Waals surface area contributed by atoms with Gasteiger partial charge in [-0.25, -0.2) is 0 Å². The monoisotopic (exact) mass is 461 g/mol. The highest BCUT2D eigenvalue weighted by Gasteiger charge is 2.27. The van der Waals surface area contributed by atoms with Crippen molar-refractivity contribution in [1.29, 1.82) is 0 Å². The molecule has 0 spiro atoms. The number of aromatic nitrogens is 4. The second kappa shape index (κ2) is 9.03. The Morgan fingerprint density at radius 3 is 2.70 bits per heavy atom. The van der Waals surface area contributed by atoms with Crippen LogP contribution in [0.1, 0.15) is 19.4 Å². The topological polar surface area (TPSA) is 76.0 Å². The molecular weight excluding hydrogens is 434 g/mol. The van der Waals surface area contributed by atoms with Crippen LogP contribution in [-0.2, 0) is 9.53 Å². The highest BCUT2D eigenvalue weighted by atomic mass is 32.2. The predicted molar refractivity (Wildman–Crippen MR) is 131 cm³/mol. The van der Waals surface area contributed by atoms with E-state index in [4.69, 9.17) is 4.74 Å². The van der Waals surface area contributed by atoms with Gasteiger partial charge in [0.05, 0.1) is 18.0 Å². The van der Waals surface area contributed by atoms with Crippen LogP contribution in [0.4, 0.5) is 0 Å². The molecule has 0 aliphatic carbocycles. The van der Waals surface area contributed by atoms with E-state index in [1.165, 1.54) is 11.8 Å². The predicted octanol–water partition coefficient (Wildman–Crippen LogP) is 4.45.